The number of amides is 1. The standard InChI is InChI=1S/C24H24N2O3/c1-25-16-22-19(7-4-8-21(22)24(25)27)18-5-2-3-6-20(18)23-10-9-17(29-23)15-26-11-13-28-14-12-26/h2-10H,11-16H2,1H3. The fraction of sp³-hybridized carbons (Fsp3) is 0.292. The topological polar surface area (TPSA) is 45.9 Å². The third-order valence-electron chi connectivity index (χ3n) is 5.78. The first-order valence-electron chi connectivity index (χ1n) is 10.1. The third kappa shape index (κ3) is 3.37. The normalized spacial score (nSPS) is 17.0. The van der Waals surface area contributed by atoms with Gasteiger partial charge in [-0.25, -0.2) is 0 Å². The van der Waals surface area contributed by atoms with Crippen molar-refractivity contribution in [2.24, 2.45) is 0 Å². The number of hydrogen-bond acceptors (Lipinski definition) is 4. The summed E-state index contributed by atoms with van der Waals surface area (Å²) in [7, 11) is 1.85. The number of ether oxygens (including phenoxy) is 1. The third-order valence-corrected chi connectivity index (χ3v) is 5.78. The summed E-state index contributed by atoms with van der Waals surface area (Å²) >= 11 is 0. The highest BCUT2D eigenvalue weighted by Crippen LogP contribution is 2.38. The molecule has 5 rings (SSSR count). The lowest BCUT2D eigenvalue weighted by Crippen LogP contribution is -2.35. The molecular formula is C24H24N2O3. The highest BCUT2D eigenvalue weighted by atomic mass is 16.5. The molecule has 1 fully saturated rings. The zero-order valence-corrected chi connectivity index (χ0v) is 16.6. The van der Waals surface area contributed by atoms with Crippen molar-refractivity contribution in [1.82, 2.24) is 9.80 Å². The number of benzene rings is 2. The van der Waals surface area contributed by atoms with Crippen LogP contribution < -0.4 is 0 Å². The van der Waals surface area contributed by atoms with Crippen LogP contribution >= 0.6 is 0 Å². The van der Waals surface area contributed by atoms with Gasteiger partial charge in [0.15, 0.2) is 0 Å². The number of furan rings is 1. The molecule has 5 heteroatoms. The molecule has 0 saturated carbocycles. The van der Waals surface area contributed by atoms with E-state index in [1.807, 2.05) is 31.3 Å². The largest absolute Gasteiger partial charge is 0.460 e. The molecule has 0 unspecified atom stereocenters. The van der Waals surface area contributed by atoms with Crippen molar-refractivity contribution in [3.8, 4) is 22.5 Å². The van der Waals surface area contributed by atoms with Crippen molar-refractivity contribution in [3.63, 3.8) is 0 Å². The monoisotopic (exact) mass is 388 g/mol. The lowest BCUT2D eigenvalue weighted by molar-refractivity contribution is 0.0314. The van der Waals surface area contributed by atoms with Gasteiger partial charge in [0.25, 0.3) is 5.91 Å². The van der Waals surface area contributed by atoms with Crippen LogP contribution in [-0.4, -0.2) is 49.1 Å². The Hall–Kier alpha value is -2.89. The number of morpholine rings is 1. The van der Waals surface area contributed by atoms with Crippen LogP contribution in [0.25, 0.3) is 22.5 Å². The first kappa shape index (κ1) is 18.2. The van der Waals surface area contributed by atoms with Crippen LogP contribution in [0.5, 0.6) is 0 Å². The minimum atomic E-state index is 0.0881. The van der Waals surface area contributed by atoms with E-state index in [4.69, 9.17) is 9.15 Å². The first-order chi connectivity index (χ1) is 14.2. The van der Waals surface area contributed by atoms with Gasteiger partial charge in [0.05, 0.1) is 19.8 Å². The first-order valence-corrected chi connectivity index (χ1v) is 10.1. The van der Waals surface area contributed by atoms with Gasteiger partial charge in [-0.3, -0.25) is 9.69 Å². The lowest BCUT2D eigenvalue weighted by Gasteiger charge is -2.25. The number of fused-ring (bicyclic) bond motifs is 1. The Kier molecular flexibility index (Phi) is 4.70. The quantitative estimate of drug-likeness (QED) is 0.677. The van der Waals surface area contributed by atoms with Crippen LogP contribution in [0.15, 0.2) is 59.0 Å². The van der Waals surface area contributed by atoms with Crippen LogP contribution in [-0.2, 0) is 17.8 Å². The van der Waals surface area contributed by atoms with Gasteiger partial charge in [-0.05, 0) is 34.9 Å². The fourth-order valence-electron chi connectivity index (χ4n) is 4.24. The molecule has 1 amide bonds. The molecule has 29 heavy (non-hydrogen) atoms. The van der Waals surface area contributed by atoms with Crippen molar-refractivity contribution in [2.45, 2.75) is 13.1 Å². The maximum absolute atomic E-state index is 12.4. The van der Waals surface area contributed by atoms with E-state index in [-0.39, 0.29) is 5.91 Å². The van der Waals surface area contributed by atoms with Gasteiger partial charge in [0, 0.05) is 37.8 Å². The Morgan fingerprint density at radius 1 is 0.862 bits per heavy atom. The molecule has 2 aliphatic heterocycles. The summed E-state index contributed by atoms with van der Waals surface area (Å²) in [5.41, 5.74) is 5.14. The molecule has 3 aromatic rings. The summed E-state index contributed by atoms with van der Waals surface area (Å²) in [6.45, 7) is 4.87. The average Bonchev–Trinajstić information content (AvgIpc) is 3.33. The van der Waals surface area contributed by atoms with E-state index in [0.717, 1.165) is 72.2 Å². The second kappa shape index (κ2) is 7.50. The van der Waals surface area contributed by atoms with Crippen molar-refractivity contribution < 1.29 is 13.9 Å². The number of rotatable bonds is 4. The molecule has 3 heterocycles. The summed E-state index contributed by atoms with van der Waals surface area (Å²) in [5.74, 6) is 1.91. The Balaban J connectivity index is 1.50. The predicted molar refractivity (Wildman–Crippen MR) is 111 cm³/mol. The summed E-state index contributed by atoms with van der Waals surface area (Å²) in [4.78, 5) is 16.5. The Morgan fingerprint density at radius 2 is 1.59 bits per heavy atom. The molecule has 0 N–H and O–H groups in total. The van der Waals surface area contributed by atoms with Crippen LogP contribution in [0.1, 0.15) is 21.7 Å². The maximum atomic E-state index is 12.4. The molecule has 5 nitrogen and oxygen atoms in total. The van der Waals surface area contributed by atoms with E-state index >= 15 is 0 Å². The van der Waals surface area contributed by atoms with Crippen LogP contribution in [0.2, 0.25) is 0 Å². The SMILES string of the molecule is CN1Cc2c(cccc2-c2ccccc2-c2ccc(CN3CCOCC3)o2)C1=O. The van der Waals surface area contributed by atoms with Crippen LogP contribution in [0.3, 0.4) is 0 Å². The Morgan fingerprint density at radius 3 is 2.41 bits per heavy atom. The fourth-order valence-corrected chi connectivity index (χ4v) is 4.24. The molecule has 0 atom stereocenters. The average molecular weight is 388 g/mol. The zero-order chi connectivity index (χ0) is 19.8. The van der Waals surface area contributed by atoms with Gasteiger partial charge in [0.1, 0.15) is 11.5 Å². The summed E-state index contributed by atoms with van der Waals surface area (Å²) in [6.07, 6.45) is 0. The van der Waals surface area contributed by atoms with E-state index < -0.39 is 0 Å². The molecule has 0 aliphatic carbocycles. The van der Waals surface area contributed by atoms with Crippen LogP contribution in [0, 0.1) is 0 Å². The van der Waals surface area contributed by atoms with Crippen molar-refractivity contribution >= 4 is 5.91 Å². The van der Waals surface area contributed by atoms with Crippen molar-refractivity contribution in [3.05, 3.63) is 71.5 Å². The van der Waals surface area contributed by atoms with Gasteiger partial charge in [0.2, 0.25) is 0 Å². The number of nitrogens with zero attached hydrogens (tertiary/aromatic N) is 2. The Labute approximate surface area is 170 Å². The predicted octanol–water partition coefficient (Wildman–Crippen LogP) is 4.03. The van der Waals surface area contributed by atoms with E-state index in [0.29, 0.717) is 6.54 Å². The van der Waals surface area contributed by atoms with Gasteiger partial charge < -0.3 is 14.1 Å². The maximum Gasteiger partial charge on any atom is 0.254 e. The molecule has 1 saturated heterocycles. The lowest BCUT2D eigenvalue weighted by atomic mass is 9.92. The minimum absolute atomic E-state index is 0.0881. The van der Waals surface area contributed by atoms with E-state index in [2.05, 4.69) is 35.2 Å². The van der Waals surface area contributed by atoms with E-state index in [1.54, 1.807) is 4.90 Å². The molecule has 0 bridgehead atoms. The second-order valence-electron chi connectivity index (χ2n) is 7.69. The molecule has 1 aromatic heterocycles. The van der Waals surface area contributed by atoms with Crippen molar-refractivity contribution in [2.75, 3.05) is 33.4 Å². The number of carbonyl (C=O) groups excluding carboxylic acids is 1. The molecular weight excluding hydrogens is 364 g/mol. The molecule has 148 valence electrons. The van der Waals surface area contributed by atoms with Gasteiger partial charge in [-0.15, -0.1) is 0 Å². The second-order valence-corrected chi connectivity index (χ2v) is 7.69. The summed E-state index contributed by atoms with van der Waals surface area (Å²) in [5, 5.41) is 0. The highest BCUT2D eigenvalue weighted by molar-refractivity contribution is 6.01. The molecule has 0 radical (unpaired) electrons. The zero-order valence-electron chi connectivity index (χ0n) is 16.6. The van der Waals surface area contributed by atoms with E-state index in [1.165, 1.54) is 0 Å². The van der Waals surface area contributed by atoms with E-state index in [9.17, 15) is 4.79 Å². The number of hydrogen-bond donors (Lipinski definition) is 0. The van der Waals surface area contributed by atoms with Crippen molar-refractivity contribution in [1.29, 1.82) is 0 Å². The minimum Gasteiger partial charge on any atom is -0.460 e. The highest BCUT2D eigenvalue weighted by Gasteiger charge is 2.27. The van der Waals surface area contributed by atoms with Gasteiger partial charge in [-0.1, -0.05) is 36.4 Å². The molecule has 0 spiro atoms. The number of carbonyl (C=O) groups is 1. The molecule has 2 aliphatic rings. The van der Waals surface area contributed by atoms with Gasteiger partial charge in [-0.2, -0.15) is 0 Å². The van der Waals surface area contributed by atoms with Crippen LogP contribution in [0.4, 0.5) is 0 Å². The Bertz CT molecular complexity index is 1050. The molecule has 2 aromatic carbocycles. The van der Waals surface area contributed by atoms with Gasteiger partial charge >= 0.3 is 0 Å². The smallest absolute Gasteiger partial charge is 0.254 e. The summed E-state index contributed by atoms with van der Waals surface area (Å²) in [6, 6.07) is 18.4. The summed E-state index contributed by atoms with van der Waals surface area (Å²) < 4.78 is 11.7.